The molecule has 6 heteroatoms. The highest BCUT2D eigenvalue weighted by molar-refractivity contribution is 14.0. The van der Waals surface area contributed by atoms with Crippen LogP contribution in [0.4, 0.5) is 0 Å². The summed E-state index contributed by atoms with van der Waals surface area (Å²) in [4.78, 5) is 9.31. The zero-order valence-corrected chi connectivity index (χ0v) is 16.0. The summed E-state index contributed by atoms with van der Waals surface area (Å²) in [5.74, 6) is 3.10. The number of piperidine rings is 1. The molecule has 0 aromatic heterocycles. The summed E-state index contributed by atoms with van der Waals surface area (Å²) in [6.07, 6.45) is 2.66. The molecular formula is C14H29IN4S. The van der Waals surface area contributed by atoms with Gasteiger partial charge in [-0.15, -0.1) is 24.0 Å². The van der Waals surface area contributed by atoms with Gasteiger partial charge < -0.3 is 15.5 Å². The molecule has 2 N–H and O–H groups in total. The van der Waals surface area contributed by atoms with Crippen molar-refractivity contribution < 1.29 is 0 Å². The van der Waals surface area contributed by atoms with Gasteiger partial charge in [-0.2, -0.15) is 11.8 Å². The third kappa shape index (κ3) is 5.97. The molecule has 2 aliphatic rings. The quantitative estimate of drug-likeness (QED) is 0.438. The van der Waals surface area contributed by atoms with Crippen LogP contribution in [-0.2, 0) is 0 Å². The van der Waals surface area contributed by atoms with E-state index in [0.717, 1.165) is 32.1 Å². The molecule has 20 heavy (non-hydrogen) atoms. The Morgan fingerprint density at radius 1 is 1.25 bits per heavy atom. The van der Waals surface area contributed by atoms with Crippen LogP contribution >= 0.6 is 35.7 Å². The lowest BCUT2D eigenvalue weighted by molar-refractivity contribution is 0.121. The van der Waals surface area contributed by atoms with Crippen LogP contribution in [0.2, 0.25) is 0 Å². The first-order chi connectivity index (χ1) is 9.07. The van der Waals surface area contributed by atoms with Gasteiger partial charge in [0.1, 0.15) is 0 Å². The highest BCUT2D eigenvalue weighted by atomic mass is 127. The first-order valence-corrected chi connectivity index (χ1v) is 8.57. The Labute approximate surface area is 144 Å². The highest BCUT2D eigenvalue weighted by Gasteiger charge is 2.25. The summed E-state index contributed by atoms with van der Waals surface area (Å²) in [5.41, 5.74) is 6.54. The minimum absolute atomic E-state index is 0. The van der Waals surface area contributed by atoms with Crippen molar-refractivity contribution in [1.82, 2.24) is 9.80 Å². The second-order valence-electron chi connectivity index (χ2n) is 6.38. The number of nitrogens with zero attached hydrogens (tertiary/aromatic N) is 3. The molecule has 2 fully saturated rings. The Hall–Kier alpha value is 0.310. The zero-order valence-electron chi connectivity index (χ0n) is 12.8. The van der Waals surface area contributed by atoms with Gasteiger partial charge in [0.25, 0.3) is 0 Å². The van der Waals surface area contributed by atoms with Gasteiger partial charge in [0, 0.05) is 37.7 Å². The number of hydrogen-bond acceptors (Lipinski definition) is 3. The van der Waals surface area contributed by atoms with Crippen LogP contribution in [0.5, 0.6) is 0 Å². The molecule has 0 aromatic rings. The topological polar surface area (TPSA) is 44.9 Å². The molecule has 0 amide bonds. The summed E-state index contributed by atoms with van der Waals surface area (Å²) in [6.45, 7) is 11.1. The summed E-state index contributed by atoms with van der Waals surface area (Å²) in [5, 5.41) is 0. The fraction of sp³-hybridized carbons (Fsp3) is 0.929. The highest BCUT2D eigenvalue weighted by Crippen LogP contribution is 2.27. The van der Waals surface area contributed by atoms with E-state index in [0.29, 0.717) is 5.41 Å². The lowest BCUT2D eigenvalue weighted by Crippen LogP contribution is -2.44. The number of halogens is 1. The van der Waals surface area contributed by atoms with E-state index in [1.165, 1.54) is 37.4 Å². The summed E-state index contributed by atoms with van der Waals surface area (Å²) in [6, 6.07) is 0. The maximum atomic E-state index is 6.07. The maximum Gasteiger partial charge on any atom is 0.191 e. The molecule has 0 bridgehead atoms. The van der Waals surface area contributed by atoms with Crippen LogP contribution in [0.15, 0.2) is 4.99 Å². The monoisotopic (exact) mass is 412 g/mol. The molecule has 2 saturated heterocycles. The van der Waals surface area contributed by atoms with Gasteiger partial charge in [0.15, 0.2) is 5.96 Å². The van der Waals surface area contributed by atoms with Crippen molar-refractivity contribution in [3.05, 3.63) is 0 Å². The summed E-state index contributed by atoms with van der Waals surface area (Å²) >= 11 is 2.00. The van der Waals surface area contributed by atoms with Gasteiger partial charge in [-0.3, -0.25) is 4.99 Å². The second kappa shape index (κ2) is 8.68. The first-order valence-electron chi connectivity index (χ1n) is 7.42. The van der Waals surface area contributed by atoms with Crippen molar-refractivity contribution >= 4 is 41.7 Å². The number of hydrogen-bond donors (Lipinski definition) is 1. The Morgan fingerprint density at radius 2 is 1.95 bits per heavy atom. The molecule has 4 nitrogen and oxygen atoms in total. The van der Waals surface area contributed by atoms with Gasteiger partial charge in [-0.1, -0.05) is 13.8 Å². The molecule has 2 aliphatic heterocycles. The van der Waals surface area contributed by atoms with Crippen molar-refractivity contribution in [2.24, 2.45) is 16.1 Å². The third-order valence-corrected chi connectivity index (χ3v) is 4.95. The van der Waals surface area contributed by atoms with E-state index in [2.05, 4.69) is 28.6 Å². The summed E-state index contributed by atoms with van der Waals surface area (Å²) in [7, 11) is 0. The van der Waals surface area contributed by atoms with Gasteiger partial charge >= 0.3 is 0 Å². The Kier molecular flexibility index (Phi) is 7.97. The normalized spacial score (nSPS) is 24.3. The third-order valence-electron chi connectivity index (χ3n) is 4.00. The number of likely N-dealkylation sites (tertiary alicyclic amines) is 1. The minimum atomic E-state index is 0. The van der Waals surface area contributed by atoms with Gasteiger partial charge in [-0.25, -0.2) is 0 Å². The van der Waals surface area contributed by atoms with Crippen LogP contribution < -0.4 is 5.73 Å². The van der Waals surface area contributed by atoms with Crippen molar-refractivity contribution in [2.45, 2.75) is 26.7 Å². The van der Waals surface area contributed by atoms with Gasteiger partial charge in [0.05, 0.1) is 6.54 Å². The van der Waals surface area contributed by atoms with Gasteiger partial charge in [0.2, 0.25) is 0 Å². The van der Waals surface area contributed by atoms with Crippen molar-refractivity contribution in [3.63, 3.8) is 0 Å². The van der Waals surface area contributed by atoms with Crippen LogP contribution in [0.25, 0.3) is 0 Å². The zero-order chi connectivity index (χ0) is 13.7. The van der Waals surface area contributed by atoms with Crippen LogP contribution in [-0.4, -0.2) is 66.5 Å². The smallest absolute Gasteiger partial charge is 0.191 e. The molecule has 0 saturated carbocycles. The molecule has 0 atom stereocenters. The van der Waals surface area contributed by atoms with Crippen molar-refractivity contribution in [2.75, 3.05) is 50.8 Å². The van der Waals surface area contributed by atoms with Crippen LogP contribution in [0.3, 0.4) is 0 Å². The van der Waals surface area contributed by atoms with E-state index >= 15 is 0 Å². The molecule has 0 aliphatic carbocycles. The SMILES string of the molecule is CC1(C)CCCN(CCN=C(N)N2CCSCC2)C1.I. The molecule has 2 heterocycles. The number of nitrogens with two attached hydrogens (primary N) is 1. The van der Waals surface area contributed by atoms with Crippen molar-refractivity contribution in [3.8, 4) is 0 Å². The Bertz CT molecular complexity index is 316. The molecule has 0 spiro atoms. The number of guanidine groups is 1. The lowest BCUT2D eigenvalue weighted by atomic mass is 9.84. The Balaban J connectivity index is 0.00000200. The van der Waals surface area contributed by atoms with E-state index in [9.17, 15) is 0 Å². The van der Waals surface area contributed by atoms with Gasteiger partial charge in [-0.05, 0) is 24.8 Å². The molecule has 0 radical (unpaired) electrons. The fourth-order valence-corrected chi connectivity index (χ4v) is 3.84. The lowest BCUT2D eigenvalue weighted by Gasteiger charge is -2.37. The standard InChI is InChI=1S/C14H28N4S.HI/c1-14(2)4-3-6-17(12-14)7-5-16-13(15)18-8-10-19-11-9-18;/h3-12H2,1-2H3,(H2,15,16);1H. The summed E-state index contributed by atoms with van der Waals surface area (Å²) < 4.78 is 0. The average Bonchev–Trinajstić information content (AvgIpc) is 2.38. The number of rotatable bonds is 3. The molecule has 0 aromatic carbocycles. The van der Waals surface area contributed by atoms with Crippen molar-refractivity contribution in [1.29, 1.82) is 0 Å². The van der Waals surface area contributed by atoms with E-state index in [4.69, 9.17) is 5.73 Å². The fourth-order valence-electron chi connectivity index (χ4n) is 2.93. The average molecular weight is 412 g/mol. The van der Waals surface area contributed by atoms with E-state index in [1.54, 1.807) is 0 Å². The van der Waals surface area contributed by atoms with Crippen LogP contribution in [0.1, 0.15) is 26.7 Å². The predicted molar refractivity (Wildman–Crippen MR) is 100 cm³/mol. The van der Waals surface area contributed by atoms with E-state index < -0.39 is 0 Å². The number of thioether (sulfide) groups is 1. The molecule has 118 valence electrons. The van der Waals surface area contributed by atoms with E-state index in [1.807, 2.05) is 11.8 Å². The molecular weight excluding hydrogens is 383 g/mol. The van der Waals surface area contributed by atoms with Crippen LogP contribution in [0, 0.1) is 5.41 Å². The molecule has 0 unspecified atom stereocenters. The minimum Gasteiger partial charge on any atom is -0.370 e. The maximum absolute atomic E-state index is 6.07. The predicted octanol–water partition coefficient (Wildman–Crippen LogP) is 2.09. The Morgan fingerprint density at radius 3 is 2.60 bits per heavy atom. The first kappa shape index (κ1) is 18.4. The molecule has 2 rings (SSSR count). The largest absolute Gasteiger partial charge is 0.370 e. The van der Waals surface area contributed by atoms with E-state index in [-0.39, 0.29) is 24.0 Å². The number of aliphatic imine (C=N–C) groups is 1. The second-order valence-corrected chi connectivity index (χ2v) is 7.61.